The lowest BCUT2D eigenvalue weighted by Crippen LogP contribution is -1.81. The molecule has 2 rings (SSSR count). The third-order valence-corrected chi connectivity index (χ3v) is 2.00. The minimum absolute atomic E-state index is 1.06. The maximum Gasteiger partial charge on any atom is 0.0378 e. The standard InChI is InChI=1S/C12H11N.CH3I/c1-10-9-12(7-8-13-10)11-5-3-2-4-6-11;1-2/h2-9H,1H3;1H3. The molecule has 0 saturated carbocycles. The summed E-state index contributed by atoms with van der Waals surface area (Å²) >= 11 is 2.15. The molecule has 1 heterocycles. The molecule has 0 bridgehead atoms. The smallest absolute Gasteiger partial charge is 0.0378 e. The van der Waals surface area contributed by atoms with Gasteiger partial charge in [0.05, 0.1) is 0 Å². The van der Waals surface area contributed by atoms with Crippen LogP contribution >= 0.6 is 22.6 Å². The van der Waals surface area contributed by atoms with Crippen molar-refractivity contribution in [3.05, 3.63) is 54.4 Å². The van der Waals surface area contributed by atoms with E-state index >= 15 is 0 Å². The first-order valence-electron chi connectivity index (χ1n) is 4.72. The Morgan fingerprint density at radius 1 is 0.933 bits per heavy atom. The molecule has 0 aliphatic carbocycles. The van der Waals surface area contributed by atoms with E-state index in [1.54, 1.807) is 0 Å². The Kier molecular flexibility index (Phi) is 5.32. The lowest BCUT2D eigenvalue weighted by Gasteiger charge is -2.00. The number of alkyl halides is 1. The molecule has 0 unspecified atom stereocenters. The largest absolute Gasteiger partial charge is 0.262 e. The molecule has 0 aliphatic heterocycles. The highest BCUT2D eigenvalue weighted by molar-refractivity contribution is 14.1. The van der Waals surface area contributed by atoms with Crippen molar-refractivity contribution in [3.63, 3.8) is 0 Å². The van der Waals surface area contributed by atoms with Gasteiger partial charge in [0.15, 0.2) is 0 Å². The van der Waals surface area contributed by atoms with Gasteiger partial charge in [-0.1, -0.05) is 52.9 Å². The average Bonchev–Trinajstić information content (AvgIpc) is 2.33. The van der Waals surface area contributed by atoms with E-state index in [1.165, 1.54) is 11.1 Å². The number of benzene rings is 1. The lowest BCUT2D eigenvalue weighted by molar-refractivity contribution is 1.20. The highest BCUT2D eigenvalue weighted by Gasteiger charge is 1.95. The summed E-state index contributed by atoms with van der Waals surface area (Å²) in [6, 6.07) is 14.5. The van der Waals surface area contributed by atoms with E-state index in [4.69, 9.17) is 0 Å². The van der Waals surface area contributed by atoms with Crippen LogP contribution in [0.3, 0.4) is 0 Å². The van der Waals surface area contributed by atoms with Crippen molar-refractivity contribution < 1.29 is 0 Å². The second-order valence-corrected chi connectivity index (χ2v) is 3.05. The van der Waals surface area contributed by atoms with Crippen molar-refractivity contribution in [2.45, 2.75) is 6.92 Å². The lowest BCUT2D eigenvalue weighted by atomic mass is 10.1. The fraction of sp³-hybridized carbons (Fsp3) is 0.154. The molecular weight excluding hydrogens is 297 g/mol. The van der Waals surface area contributed by atoms with Crippen molar-refractivity contribution in [1.29, 1.82) is 0 Å². The zero-order chi connectivity index (χ0) is 11.1. The molecule has 0 saturated heterocycles. The zero-order valence-electron chi connectivity index (χ0n) is 8.94. The zero-order valence-corrected chi connectivity index (χ0v) is 11.1. The van der Waals surface area contributed by atoms with E-state index in [0.717, 1.165) is 5.69 Å². The summed E-state index contributed by atoms with van der Waals surface area (Å²) in [7, 11) is 0. The van der Waals surface area contributed by atoms with E-state index in [-0.39, 0.29) is 0 Å². The number of nitrogens with zero attached hydrogens (tertiary/aromatic N) is 1. The van der Waals surface area contributed by atoms with E-state index < -0.39 is 0 Å². The fourth-order valence-corrected chi connectivity index (χ4v) is 1.36. The summed E-state index contributed by atoms with van der Waals surface area (Å²) in [4.78, 5) is 6.14. The summed E-state index contributed by atoms with van der Waals surface area (Å²) in [6.07, 6.45) is 1.84. The Morgan fingerprint density at radius 3 is 2.20 bits per heavy atom. The molecule has 2 heteroatoms. The number of aryl methyl sites for hydroxylation is 1. The summed E-state index contributed by atoms with van der Waals surface area (Å²) < 4.78 is 0. The van der Waals surface area contributed by atoms with Crippen molar-refractivity contribution in [2.75, 3.05) is 4.93 Å². The quantitative estimate of drug-likeness (QED) is 0.570. The second kappa shape index (κ2) is 6.56. The van der Waals surface area contributed by atoms with Gasteiger partial charge in [-0.2, -0.15) is 0 Å². The van der Waals surface area contributed by atoms with E-state index in [1.807, 2.05) is 42.3 Å². The molecule has 0 aliphatic rings. The van der Waals surface area contributed by atoms with Crippen LogP contribution in [0.4, 0.5) is 0 Å². The van der Waals surface area contributed by atoms with Crippen LogP contribution in [0.5, 0.6) is 0 Å². The molecule has 78 valence electrons. The molecule has 0 spiro atoms. The van der Waals surface area contributed by atoms with Crippen molar-refractivity contribution >= 4 is 22.6 Å². The highest BCUT2D eigenvalue weighted by Crippen LogP contribution is 2.18. The number of hydrogen-bond acceptors (Lipinski definition) is 1. The summed E-state index contributed by atoms with van der Waals surface area (Å²) in [5.41, 5.74) is 3.53. The predicted molar refractivity (Wildman–Crippen MR) is 74.4 cm³/mol. The number of halogens is 1. The second-order valence-electron chi connectivity index (χ2n) is 3.05. The Balaban J connectivity index is 0.000000531. The molecule has 1 aromatic carbocycles. The molecule has 1 nitrogen and oxygen atoms in total. The third kappa shape index (κ3) is 3.63. The monoisotopic (exact) mass is 311 g/mol. The van der Waals surface area contributed by atoms with Crippen LogP contribution in [-0.2, 0) is 0 Å². The van der Waals surface area contributed by atoms with Crippen molar-refractivity contribution in [2.24, 2.45) is 0 Å². The number of pyridine rings is 1. The van der Waals surface area contributed by atoms with Crippen molar-refractivity contribution in [3.8, 4) is 11.1 Å². The van der Waals surface area contributed by atoms with Crippen LogP contribution in [0.1, 0.15) is 5.69 Å². The minimum atomic E-state index is 1.06. The van der Waals surface area contributed by atoms with Crippen molar-refractivity contribution in [1.82, 2.24) is 4.98 Å². The van der Waals surface area contributed by atoms with Gasteiger partial charge in [0, 0.05) is 11.9 Å². The molecular formula is C13H14IN. The molecule has 0 fully saturated rings. The van der Waals surface area contributed by atoms with Crippen LogP contribution in [0.25, 0.3) is 11.1 Å². The summed E-state index contributed by atoms with van der Waals surface area (Å²) in [5, 5.41) is 0. The van der Waals surface area contributed by atoms with Crippen LogP contribution in [0.15, 0.2) is 48.7 Å². The van der Waals surface area contributed by atoms with Crippen LogP contribution in [0.2, 0.25) is 0 Å². The molecule has 1 aromatic heterocycles. The average molecular weight is 311 g/mol. The molecule has 0 N–H and O–H groups in total. The van der Waals surface area contributed by atoms with Gasteiger partial charge in [-0.3, -0.25) is 4.98 Å². The van der Waals surface area contributed by atoms with E-state index in [9.17, 15) is 0 Å². The van der Waals surface area contributed by atoms with E-state index in [2.05, 4.69) is 45.8 Å². The van der Waals surface area contributed by atoms with Gasteiger partial charge in [-0.15, -0.1) is 0 Å². The molecule has 0 amide bonds. The molecule has 0 atom stereocenters. The Morgan fingerprint density at radius 2 is 1.60 bits per heavy atom. The number of aromatic nitrogens is 1. The van der Waals surface area contributed by atoms with Gasteiger partial charge < -0.3 is 0 Å². The molecule has 15 heavy (non-hydrogen) atoms. The van der Waals surface area contributed by atoms with Gasteiger partial charge in [-0.05, 0) is 35.1 Å². The van der Waals surface area contributed by atoms with Gasteiger partial charge >= 0.3 is 0 Å². The minimum Gasteiger partial charge on any atom is -0.262 e. The van der Waals surface area contributed by atoms with E-state index in [0.29, 0.717) is 0 Å². The topological polar surface area (TPSA) is 12.9 Å². The maximum absolute atomic E-state index is 4.17. The summed E-state index contributed by atoms with van der Waals surface area (Å²) in [5.74, 6) is 0. The number of rotatable bonds is 1. The normalized spacial score (nSPS) is 9.00. The van der Waals surface area contributed by atoms with Crippen LogP contribution < -0.4 is 0 Å². The van der Waals surface area contributed by atoms with Crippen LogP contribution in [0, 0.1) is 6.92 Å². The Hall–Kier alpha value is -0.900. The highest BCUT2D eigenvalue weighted by atomic mass is 127. The summed E-state index contributed by atoms with van der Waals surface area (Å²) in [6.45, 7) is 2.01. The molecule has 2 aromatic rings. The van der Waals surface area contributed by atoms with Crippen LogP contribution in [-0.4, -0.2) is 9.91 Å². The number of hydrogen-bond donors (Lipinski definition) is 0. The predicted octanol–water partition coefficient (Wildman–Crippen LogP) is 4.11. The third-order valence-electron chi connectivity index (χ3n) is 2.00. The van der Waals surface area contributed by atoms with Gasteiger partial charge in [-0.25, -0.2) is 0 Å². The molecule has 0 radical (unpaired) electrons. The van der Waals surface area contributed by atoms with Gasteiger partial charge in [0.25, 0.3) is 0 Å². The Labute approximate surface area is 105 Å². The first kappa shape index (κ1) is 12.2. The SMILES string of the molecule is CI.Cc1cc(-c2ccccc2)ccn1. The first-order chi connectivity index (χ1) is 7.36. The van der Waals surface area contributed by atoms with Gasteiger partial charge in [0.1, 0.15) is 0 Å². The first-order valence-corrected chi connectivity index (χ1v) is 6.88. The fourth-order valence-electron chi connectivity index (χ4n) is 1.36. The Bertz CT molecular complexity index is 398. The van der Waals surface area contributed by atoms with Gasteiger partial charge in [0.2, 0.25) is 0 Å². The maximum atomic E-state index is 4.17.